The van der Waals surface area contributed by atoms with Gasteiger partial charge in [0.2, 0.25) is 15.9 Å². The van der Waals surface area contributed by atoms with E-state index in [1.54, 1.807) is 17.0 Å². The molecule has 9 nitrogen and oxygen atoms in total. The second-order valence-corrected chi connectivity index (χ2v) is 11.7. The van der Waals surface area contributed by atoms with Gasteiger partial charge in [0.1, 0.15) is 6.04 Å². The van der Waals surface area contributed by atoms with Gasteiger partial charge >= 0.3 is 0 Å². The third kappa shape index (κ3) is 6.33. The van der Waals surface area contributed by atoms with E-state index in [2.05, 4.69) is 37.6 Å². The number of aromatic nitrogens is 1. The number of sulfonamides is 1. The lowest BCUT2D eigenvalue weighted by Crippen LogP contribution is -2.51. The van der Waals surface area contributed by atoms with Crippen LogP contribution >= 0.6 is 22.6 Å². The van der Waals surface area contributed by atoms with Crippen LogP contribution in [-0.4, -0.2) is 55.8 Å². The first kappa shape index (κ1) is 25.5. The molecule has 3 aromatic rings. The third-order valence-corrected chi connectivity index (χ3v) is 8.47. The van der Waals surface area contributed by atoms with E-state index in [1.165, 1.54) is 12.1 Å². The summed E-state index contributed by atoms with van der Waals surface area (Å²) in [6.07, 6.45) is 3.81. The minimum Gasteiger partial charge on any atom is -0.370 e. The van der Waals surface area contributed by atoms with Gasteiger partial charge in [-0.2, -0.15) is 4.72 Å². The van der Waals surface area contributed by atoms with E-state index in [0.717, 1.165) is 39.4 Å². The molecule has 4 rings (SSSR count). The van der Waals surface area contributed by atoms with Crippen LogP contribution in [0.1, 0.15) is 18.4 Å². The lowest BCUT2D eigenvalue weighted by molar-refractivity contribution is -0.122. The molecule has 1 aliphatic heterocycles. The van der Waals surface area contributed by atoms with Gasteiger partial charge in [0, 0.05) is 40.3 Å². The zero-order valence-corrected chi connectivity index (χ0v) is 22.1. The maximum atomic E-state index is 13.3. The Kier molecular flexibility index (Phi) is 7.97. The summed E-state index contributed by atoms with van der Waals surface area (Å²) < 4.78 is 29.8. The van der Waals surface area contributed by atoms with E-state index in [1.807, 2.05) is 30.5 Å². The number of hydrogen-bond donors (Lipinski definition) is 5. The summed E-state index contributed by atoms with van der Waals surface area (Å²) in [6.45, 7) is 1.72. The number of H-pyrrole nitrogens is 1. The summed E-state index contributed by atoms with van der Waals surface area (Å²) in [5, 5.41) is 11.6. The number of amides is 1. The molecule has 2 atom stereocenters. The zero-order valence-electron chi connectivity index (χ0n) is 19.1. The number of hydrogen-bond acceptors (Lipinski definition) is 4. The number of nitrogens with zero attached hydrogens (tertiary/aromatic N) is 1. The Labute approximate surface area is 218 Å². The molecule has 0 aliphatic carbocycles. The number of halogens is 1. The fourth-order valence-electron chi connectivity index (χ4n) is 4.40. The maximum Gasteiger partial charge on any atom is 0.241 e. The van der Waals surface area contributed by atoms with Crippen LogP contribution in [0.4, 0.5) is 0 Å². The van der Waals surface area contributed by atoms with Crippen molar-refractivity contribution < 1.29 is 13.2 Å². The summed E-state index contributed by atoms with van der Waals surface area (Å²) in [6, 6.07) is 13.2. The van der Waals surface area contributed by atoms with Crippen molar-refractivity contribution in [1.82, 2.24) is 19.9 Å². The maximum absolute atomic E-state index is 13.3. The predicted molar refractivity (Wildman–Crippen MR) is 144 cm³/mol. The summed E-state index contributed by atoms with van der Waals surface area (Å²) in [7, 11) is -3.92. The molecule has 1 amide bonds. The highest BCUT2D eigenvalue weighted by Gasteiger charge is 2.28. The standard InChI is InChI=1S/C24H29IN6O3S/c25-18-7-9-19(10-8-18)35(33,34)30-22(12-17-14-28-21-6-2-1-5-20(17)21)23(32)29-13-16-4-3-11-31(15-16)24(26)27/h1-2,5-10,14,16,22,28,30H,3-4,11-13,15H2,(H3,26,27)(H,29,32)/t16-,22-/m1/s1. The third-order valence-electron chi connectivity index (χ3n) is 6.26. The smallest absolute Gasteiger partial charge is 0.241 e. The van der Waals surface area contributed by atoms with E-state index in [9.17, 15) is 13.2 Å². The number of carbonyl (C=O) groups is 1. The Morgan fingerprint density at radius 1 is 1.23 bits per heavy atom. The first-order chi connectivity index (χ1) is 16.7. The highest BCUT2D eigenvalue weighted by atomic mass is 127. The molecule has 0 radical (unpaired) electrons. The number of rotatable bonds is 8. The normalized spacial score (nSPS) is 17.3. The highest BCUT2D eigenvalue weighted by molar-refractivity contribution is 14.1. The number of aromatic amines is 1. The number of likely N-dealkylation sites (tertiary alicyclic amines) is 1. The molecule has 1 fully saturated rings. The molecule has 35 heavy (non-hydrogen) atoms. The van der Waals surface area contributed by atoms with Gasteiger partial charge in [-0.25, -0.2) is 8.42 Å². The summed E-state index contributed by atoms with van der Waals surface area (Å²) in [4.78, 5) is 18.4. The molecule has 2 heterocycles. The van der Waals surface area contributed by atoms with Crippen LogP contribution in [0.5, 0.6) is 0 Å². The van der Waals surface area contributed by atoms with Crippen molar-refractivity contribution in [3.8, 4) is 0 Å². The highest BCUT2D eigenvalue weighted by Crippen LogP contribution is 2.21. The van der Waals surface area contributed by atoms with E-state index in [4.69, 9.17) is 11.1 Å². The van der Waals surface area contributed by atoms with Crippen molar-refractivity contribution in [3.63, 3.8) is 0 Å². The minimum atomic E-state index is -3.92. The number of nitrogens with two attached hydrogens (primary N) is 1. The SMILES string of the molecule is N=C(N)N1CCC[C@H](CNC(=O)[C@@H](Cc2c[nH]c3ccccc23)NS(=O)(=O)c2ccc(I)cc2)C1. The van der Waals surface area contributed by atoms with Gasteiger partial charge in [-0.05, 0) is 83.7 Å². The van der Waals surface area contributed by atoms with Crippen molar-refractivity contribution in [3.05, 3.63) is 63.9 Å². The van der Waals surface area contributed by atoms with Gasteiger partial charge in [0.15, 0.2) is 5.96 Å². The van der Waals surface area contributed by atoms with Crippen LogP contribution < -0.4 is 15.8 Å². The second kappa shape index (κ2) is 11.0. The number of nitrogens with one attached hydrogen (secondary N) is 4. The monoisotopic (exact) mass is 608 g/mol. The van der Waals surface area contributed by atoms with E-state index in [0.29, 0.717) is 13.1 Å². The average molecular weight is 609 g/mol. The van der Waals surface area contributed by atoms with Crippen LogP contribution in [0, 0.1) is 14.9 Å². The molecule has 0 saturated carbocycles. The number of guanidine groups is 1. The van der Waals surface area contributed by atoms with E-state index >= 15 is 0 Å². The molecule has 2 aromatic carbocycles. The first-order valence-corrected chi connectivity index (χ1v) is 14.0. The summed E-state index contributed by atoms with van der Waals surface area (Å²) in [5.74, 6) is -0.217. The van der Waals surface area contributed by atoms with Gasteiger partial charge < -0.3 is 20.9 Å². The molecule has 1 saturated heterocycles. The number of para-hydroxylation sites is 1. The number of carbonyl (C=O) groups excluding carboxylic acids is 1. The lowest BCUT2D eigenvalue weighted by atomic mass is 9.98. The van der Waals surface area contributed by atoms with Crippen molar-refractivity contribution in [2.24, 2.45) is 11.7 Å². The van der Waals surface area contributed by atoms with Gasteiger partial charge in [-0.1, -0.05) is 18.2 Å². The van der Waals surface area contributed by atoms with Crippen LogP contribution in [0.25, 0.3) is 10.9 Å². The van der Waals surface area contributed by atoms with Crippen LogP contribution in [-0.2, 0) is 21.2 Å². The minimum absolute atomic E-state index is 0.0310. The van der Waals surface area contributed by atoms with Crippen molar-refractivity contribution in [1.29, 1.82) is 5.41 Å². The van der Waals surface area contributed by atoms with Crippen LogP contribution in [0.2, 0.25) is 0 Å². The molecule has 0 bridgehead atoms. The Balaban J connectivity index is 1.52. The van der Waals surface area contributed by atoms with Gasteiger partial charge in [0.05, 0.1) is 4.90 Å². The largest absolute Gasteiger partial charge is 0.370 e. The topological polar surface area (TPSA) is 144 Å². The van der Waals surface area contributed by atoms with Crippen molar-refractivity contribution in [2.75, 3.05) is 19.6 Å². The van der Waals surface area contributed by atoms with Crippen LogP contribution in [0.3, 0.4) is 0 Å². The van der Waals surface area contributed by atoms with Crippen molar-refractivity contribution in [2.45, 2.75) is 30.2 Å². The Morgan fingerprint density at radius 2 is 1.97 bits per heavy atom. The van der Waals surface area contributed by atoms with Crippen LogP contribution in [0.15, 0.2) is 59.6 Å². The van der Waals surface area contributed by atoms with Gasteiger partial charge in [0.25, 0.3) is 0 Å². The van der Waals surface area contributed by atoms with Crippen molar-refractivity contribution >= 4 is 55.4 Å². The fraction of sp³-hybridized carbons (Fsp3) is 0.333. The zero-order chi connectivity index (χ0) is 25.0. The predicted octanol–water partition coefficient (Wildman–Crippen LogP) is 2.38. The van der Waals surface area contributed by atoms with E-state index < -0.39 is 16.1 Å². The van der Waals surface area contributed by atoms with Gasteiger partial charge in [-0.15, -0.1) is 0 Å². The average Bonchev–Trinajstić information content (AvgIpc) is 3.25. The molecular weight excluding hydrogens is 579 g/mol. The summed E-state index contributed by atoms with van der Waals surface area (Å²) in [5.41, 5.74) is 7.41. The number of piperidine rings is 1. The molecule has 0 unspecified atom stereocenters. The molecule has 1 aliphatic rings. The van der Waals surface area contributed by atoms with E-state index in [-0.39, 0.29) is 29.1 Å². The number of fused-ring (bicyclic) bond motifs is 1. The Hall–Kier alpha value is -2.64. The molecule has 11 heteroatoms. The first-order valence-electron chi connectivity index (χ1n) is 11.4. The molecule has 1 aromatic heterocycles. The lowest BCUT2D eigenvalue weighted by Gasteiger charge is -2.33. The molecule has 0 spiro atoms. The fourth-order valence-corrected chi connectivity index (χ4v) is 5.95. The summed E-state index contributed by atoms with van der Waals surface area (Å²) >= 11 is 2.11. The molecule has 186 valence electrons. The van der Waals surface area contributed by atoms with Gasteiger partial charge in [-0.3, -0.25) is 10.2 Å². The Morgan fingerprint density at radius 3 is 2.71 bits per heavy atom. The molecular formula is C24H29IN6O3S. The second-order valence-electron chi connectivity index (χ2n) is 8.78. The Bertz CT molecular complexity index is 1310. The number of benzene rings is 2. The molecule has 6 N–H and O–H groups in total. The quantitative estimate of drug-likeness (QED) is 0.152.